The normalized spacial score (nSPS) is 16.5. The van der Waals surface area contributed by atoms with Crippen LogP contribution in [0.2, 0.25) is 0 Å². The van der Waals surface area contributed by atoms with Crippen molar-refractivity contribution in [3.05, 3.63) is 60.2 Å². The number of aliphatic hydroxyl groups excluding tert-OH is 1. The summed E-state index contributed by atoms with van der Waals surface area (Å²) in [5, 5.41) is 21.5. The van der Waals surface area contributed by atoms with Crippen LogP contribution in [0.4, 0.5) is 0 Å². The number of aliphatic carboxylic acids is 1. The number of rotatable bonds is 8. The molecule has 0 bridgehead atoms. The van der Waals surface area contributed by atoms with Crippen LogP contribution < -0.4 is 27.2 Å². The second-order valence-electron chi connectivity index (χ2n) is 6.53. The van der Waals surface area contributed by atoms with Gasteiger partial charge in [-0.1, -0.05) is 54.6 Å². The van der Waals surface area contributed by atoms with Gasteiger partial charge in [-0.05, 0) is 23.1 Å². The second kappa shape index (κ2) is 9.40. The molecule has 2 aromatic carbocycles. The SMILES string of the molecule is O=C(NC(Cc1ccc(-c2ccccc2)cc1)C[C@@H](O)C(=O)O)C1NNNN1. The van der Waals surface area contributed by atoms with E-state index in [4.69, 9.17) is 5.11 Å². The highest BCUT2D eigenvalue weighted by atomic mass is 16.4. The zero-order valence-electron chi connectivity index (χ0n) is 15.1. The first-order valence-electron chi connectivity index (χ1n) is 8.89. The van der Waals surface area contributed by atoms with Crippen LogP contribution in [0.25, 0.3) is 11.1 Å². The molecule has 2 atom stereocenters. The fourth-order valence-electron chi connectivity index (χ4n) is 2.98. The Morgan fingerprint density at radius 1 is 0.964 bits per heavy atom. The van der Waals surface area contributed by atoms with E-state index in [2.05, 4.69) is 27.2 Å². The average Bonchev–Trinajstić information content (AvgIpc) is 3.24. The Morgan fingerprint density at radius 2 is 1.57 bits per heavy atom. The topological polar surface area (TPSA) is 135 Å². The van der Waals surface area contributed by atoms with E-state index in [1.54, 1.807) is 0 Å². The van der Waals surface area contributed by atoms with Crippen molar-refractivity contribution in [2.24, 2.45) is 0 Å². The Morgan fingerprint density at radius 3 is 2.18 bits per heavy atom. The third-order valence-corrected chi connectivity index (χ3v) is 4.44. The maximum absolute atomic E-state index is 12.3. The molecule has 2 aromatic rings. The highest BCUT2D eigenvalue weighted by Gasteiger charge is 2.26. The molecule has 0 spiro atoms. The maximum Gasteiger partial charge on any atom is 0.332 e. The van der Waals surface area contributed by atoms with Crippen molar-refractivity contribution in [1.29, 1.82) is 0 Å². The molecule has 1 aliphatic rings. The van der Waals surface area contributed by atoms with E-state index in [1.165, 1.54) is 0 Å². The Kier molecular flexibility index (Phi) is 6.69. The number of benzene rings is 2. The summed E-state index contributed by atoms with van der Waals surface area (Å²) in [6, 6.07) is 17.2. The number of carboxylic acids is 1. The first-order valence-corrected chi connectivity index (χ1v) is 8.89. The Hall–Kier alpha value is -2.82. The van der Waals surface area contributed by atoms with Crippen molar-refractivity contribution in [3.8, 4) is 11.1 Å². The molecule has 1 aliphatic heterocycles. The van der Waals surface area contributed by atoms with Gasteiger partial charge < -0.3 is 15.5 Å². The summed E-state index contributed by atoms with van der Waals surface area (Å²) >= 11 is 0. The van der Waals surface area contributed by atoms with E-state index >= 15 is 0 Å². The van der Waals surface area contributed by atoms with Crippen LogP contribution in [0.1, 0.15) is 12.0 Å². The van der Waals surface area contributed by atoms with Crippen LogP contribution in [-0.4, -0.2) is 40.4 Å². The van der Waals surface area contributed by atoms with Crippen molar-refractivity contribution >= 4 is 11.9 Å². The lowest BCUT2D eigenvalue weighted by molar-refractivity contribution is -0.147. The summed E-state index contributed by atoms with van der Waals surface area (Å²) in [4.78, 5) is 23.3. The number of nitrogens with one attached hydrogen (secondary N) is 5. The molecular formula is C19H23N5O4. The van der Waals surface area contributed by atoms with Gasteiger partial charge in [-0.2, -0.15) is 11.1 Å². The van der Waals surface area contributed by atoms with Crippen LogP contribution in [0.3, 0.4) is 0 Å². The summed E-state index contributed by atoms with van der Waals surface area (Å²) < 4.78 is 0. The number of aliphatic hydroxyl groups is 1. The molecule has 0 radical (unpaired) electrons. The predicted molar refractivity (Wildman–Crippen MR) is 102 cm³/mol. The number of amides is 1. The van der Waals surface area contributed by atoms with Crippen molar-refractivity contribution in [1.82, 2.24) is 27.2 Å². The Balaban J connectivity index is 1.68. The fourth-order valence-corrected chi connectivity index (χ4v) is 2.98. The van der Waals surface area contributed by atoms with E-state index in [-0.39, 0.29) is 12.3 Å². The first kappa shape index (κ1) is 19.9. The van der Waals surface area contributed by atoms with E-state index < -0.39 is 24.3 Å². The lowest BCUT2D eigenvalue weighted by atomic mass is 9.97. The quantitative estimate of drug-likeness (QED) is 0.328. The lowest BCUT2D eigenvalue weighted by Gasteiger charge is -2.22. The molecule has 1 fully saturated rings. The summed E-state index contributed by atoms with van der Waals surface area (Å²) in [6.45, 7) is 0. The average molecular weight is 385 g/mol. The van der Waals surface area contributed by atoms with E-state index in [0.29, 0.717) is 6.42 Å². The Labute approximate surface area is 162 Å². The van der Waals surface area contributed by atoms with Crippen LogP contribution >= 0.6 is 0 Å². The van der Waals surface area contributed by atoms with Crippen LogP contribution in [0.5, 0.6) is 0 Å². The van der Waals surface area contributed by atoms with E-state index in [1.807, 2.05) is 54.6 Å². The molecule has 1 heterocycles. The molecule has 9 heteroatoms. The molecule has 7 N–H and O–H groups in total. The van der Waals surface area contributed by atoms with Crippen molar-refractivity contribution in [2.75, 3.05) is 0 Å². The highest BCUT2D eigenvalue weighted by molar-refractivity contribution is 5.81. The third-order valence-electron chi connectivity index (χ3n) is 4.44. The molecule has 1 saturated heterocycles. The summed E-state index contributed by atoms with van der Waals surface area (Å²) in [6.07, 6.45) is -1.99. The second-order valence-corrected chi connectivity index (χ2v) is 6.53. The number of hydrogen-bond acceptors (Lipinski definition) is 7. The number of carboxylic acid groups (broad SMARTS) is 1. The molecular weight excluding hydrogens is 362 g/mol. The standard InChI is InChI=1S/C19H23N5O4/c25-16(19(27)28)11-15(20-18(26)17-21-23-24-22-17)10-12-6-8-14(9-7-12)13-4-2-1-3-5-13/h1-9,15-17,21-25H,10-11H2,(H,20,26)(H,27,28)/t15?,16-/m1/s1. The van der Waals surface area contributed by atoms with Crippen molar-refractivity contribution in [3.63, 3.8) is 0 Å². The zero-order valence-corrected chi connectivity index (χ0v) is 15.1. The molecule has 1 unspecified atom stereocenters. The number of carbonyl (C=O) groups excluding carboxylic acids is 1. The fraction of sp³-hybridized carbons (Fsp3) is 0.263. The molecule has 0 saturated carbocycles. The molecule has 148 valence electrons. The first-order chi connectivity index (χ1) is 13.5. The van der Waals surface area contributed by atoms with Gasteiger partial charge in [0.25, 0.3) is 5.91 Å². The van der Waals surface area contributed by atoms with Crippen molar-refractivity contribution < 1.29 is 19.8 Å². The third kappa shape index (κ3) is 5.35. The van der Waals surface area contributed by atoms with Crippen LogP contribution in [0.15, 0.2) is 54.6 Å². The molecule has 1 amide bonds. The zero-order chi connectivity index (χ0) is 19.9. The van der Waals surface area contributed by atoms with E-state index in [9.17, 15) is 14.7 Å². The van der Waals surface area contributed by atoms with Gasteiger partial charge in [0.2, 0.25) is 0 Å². The molecule has 0 aliphatic carbocycles. The smallest absolute Gasteiger partial charge is 0.332 e. The van der Waals surface area contributed by atoms with Gasteiger partial charge in [0.15, 0.2) is 12.3 Å². The number of carbonyl (C=O) groups is 2. The van der Waals surface area contributed by atoms with Crippen LogP contribution in [-0.2, 0) is 16.0 Å². The minimum atomic E-state index is -1.56. The monoisotopic (exact) mass is 385 g/mol. The predicted octanol–water partition coefficient (Wildman–Crippen LogP) is -0.340. The summed E-state index contributed by atoms with van der Waals surface area (Å²) in [7, 11) is 0. The minimum absolute atomic E-state index is 0.102. The molecule has 9 nitrogen and oxygen atoms in total. The summed E-state index contributed by atoms with van der Waals surface area (Å²) in [5.74, 6) is -1.69. The van der Waals surface area contributed by atoms with Gasteiger partial charge >= 0.3 is 5.97 Å². The van der Waals surface area contributed by atoms with E-state index in [0.717, 1.165) is 16.7 Å². The van der Waals surface area contributed by atoms with Gasteiger partial charge in [0, 0.05) is 12.5 Å². The molecule has 0 aromatic heterocycles. The number of hydrogen-bond donors (Lipinski definition) is 7. The van der Waals surface area contributed by atoms with Crippen molar-refractivity contribution in [2.45, 2.75) is 31.2 Å². The molecule has 28 heavy (non-hydrogen) atoms. The highest BCUT2D eigenvalue weighted by Crippen LogP contribution is 2.20. The van der Waals surface area contributed by atoms with Gasteiger partial charge in [-0.25, -0.2) is 15.6 Å². The largest absolute Gasteiger partial charge is 0.479 e. The van der Waals surface area contributed by atoms with Crippen LogP contribution in [0, 0.1) is 0 Å². The maximum atomic E-state index is 12.3. The Bertz CT molecular complexity index is 794. The van der Waals surface area contributed by atoms with Gasteiger partial charge in [0.05, 0.1) is 0 Å². The summed E-state index contributed by atoms with van der Waals surface area (Å²) in [5.41, 5.74) is 13.5. The van der Waals surface area contributed by atoms with Gasteiger partial charge in [-0.15, -0.1) is 0 Å². The number of hydrazine groups is 3. The van der Waals surface area contributed by atoms with Gasteiger partial charge in [-0.3, -0.25) is 4.79 Å². The lowest BCUT2D eigenvalue weighted by Crippen LogP contribution is -2.52. The van der Waals surface area contributed by atoms with Gasteiger partial charge in [0.1, 0.15) is 0 Å². The minimum Gasteiger partial charge on any atom is -0.479 e. The molecule has 3 rings (SSSR count).